The first-order valence-electron chi connectivity index (χ1n) is 8.06. The number of thioether (sulfide) groups is 1. The van der Waals surface area contributed by atoms with Crippen LogP contribution in [0.2, 0.25) is 0 Å². The summed E-state index contributed by atoms with van der Waals surface area (Å²) < 4.78 is 29.2. The summed E-state index contributed by atoms with van der Waals surface area (Å²) in [6.45, 7) is 7.00. The quantitative estimate of drug-likeness (QED) is 0.595. The van der Waals surface area contributed by atoms with Crippen LogP contribution in [0, 0.1) is 0 Å². The minimum atomic E-state index is -3.03. The maximum atomic E-state index is 12.2. The van der Waals surface area contributed by atoms with E-state index in [1.165, 1.54) is 0 Å². The average molecular weight is 364 g/mol. The molecule has 0 atom stereocenters. The van der Waals surface area contributed by atoms with Crippen molar-refractivity contribution in [3.05, 3.63) is 0 Å². The molecule has 6 nitrogen and oxygen atoms in total. The van der Waals surface area contributed by atoms with Crippen LogP contribution in [0.4, 0.5) is 0 Å². The number of nitrogens with one attached hydrogen (secondary N) is 1. The molecule has 0 saturated carbocycles. The highest BCUT2D eigenvalue weighted by atomic mass is 32.2. The third kappa shape index (κ3) is 4.14. The van der Waals surface area contributed by atoms with Gasteiger partial charge < -0.3 is 15.0 Å². The Balaban J connectivity index is 2.01. The monoisotopic (exact) mass is 363 g/mol. The summed E-state index contributed by atoms with van der Waals surface area (Å²) in [7, 11) is -1.27. The first-order valence-corrected chi connectivity index (χ1v) is 10.9. The van der Waals surface area contributed by atoms with E-state index in [0.29, 0.717) is 13.1 Å². The summed E-state index contributed by atoms with van der Waals surface area (Å²) in [6.07, 6.45) is 4.20. The highest BCUT2D eigenvalue weighted by molar-refractivity contribution is 8.00. The molecule has 0 spiro atoms. The summed E-state index contributed by atoms with van der Waals surface area (Å²) >= 11 is 1.88. The van der Waals surface area contributed by atoms with Crippen molar-refractivity contribution < 1.29 is 13.2 Å². The normalized spacial score (nSPS) is 26.8. The lowest BCUT2D eigenvalue weighted by Crippen LogP contribution is -2.58. The lowest BCUT2D eigenvalue weighted by atomic mass is 9.99. The molecule has 0 aromatic rings. The number of rotatable bonds is 3. The maximum Gasteiger partial charge on any atom is 0.193 e. The molecule has 2 aliphatic heterocycles. The molecule has 2 saturated heterocycles. The molecule has 0 radical (unpaired) electrons. The number of guanidine groups is 1. The van der Waals surface area contributed by atoms with Gasteiger partial charge in [0.1, 0.15) is 0 Å². The van der Waals surface area contributed by atoms with E-state index in [-0.39, 0.29) is 10.5 Å². The van der Waals surface area contributed by atoms with Gasteiger partial charge in [-0.15, -0.1) is 0 Å². The van der Waals surface area contributed by atoms with Crippen molar-refractivity contribution in [3.8, 4) is 0 Å². The predicted octanol–water partition coefficient (Wildman–Crippen LogP) is 0.983. The minimum absolute atomic E-state index is 0.172. The second kappa shape index (κ2) is 7.19. The SMILES string of the molecule is CN=C(NCC1(SC)CCOCC1)N1CCS(=O)(=O)C(C)(C)C1. The highest BCUT2D eigenvalue weighted by Gasteiger charge is 2.41. The molecule has 0 aromatic carbocycles. The van der Waals surface area contributed by atoms with Crippen LogP contribution in [0.5, 0.6) is 0 Å². The largest absolute Gasteiger partial charge is 0.381 e. The van der Waals surface area contributed by atoms with E-state index >= 15 is 0 Å². The van der Waals surface area contributed by atoms with Crippen molar-refractivity contribution in [2.24, 2.45) is 4.99 Å². The molecule has 0 amide bonds. The molecule has 2 heterocycles. The molecule has 2 aliphatic rings. The molecule has 2 fully saturated rings. The van der Waals surface area contributed by atoms with Gasteiger partial charge >= 0.3 is 0 Å². The summed E-state index contributed by atoms with van der Waals surface area (Å²) in [4.78, 5) is 6.43. The fourth-order valence-electron chi connectivity index (χ4n) is 3.09. The minimum Gasteiger partial charge on any atom is -0.381 e. The van der Waals surface area contributed by atoms with Gasteiger partial charge in [0.2, 0.25) is 0 Å². The Kier molecular flexibility index (Phi) is 5.90. The van der Waals surface area contributed by atoms with Crippen LogP contribution in [0.25, 0.3) is 0 Å². The van der Waals surface area contributed by atoms with Crippen LogP contribution in [-0.4, -0.2) is 80.7 Å². The molecule has 0 aromatic heterocycles. The second-order valence-corrected chi connectivity index (χ2v) is 10.9. The Hall–Kier alpha value is -0.470. The Morgan fingerprint density at radius 3 is 2.52 bits per heavy atom. The van der Waals surface area contributed by atoms with Gasteiger partial charge in [-0.1, -0.05) is 0 Å². The maximum absolute atomic E-state index is 12.2. The van der Waals surface area contributed by atoms with E-state index in [2.05, 4.69) is 21.5 Å². The first-order chi connectivity index (χ1) is 10.8. The van der Waals surface area contributed by atoms with Crippen LogP contribution in [0.3, 0.4) is 0 Å². The van der Waals surface area contributed by atoms with Crippen LogP contribution in [0.1, 0.15) is 26.7 Å². The van der Waals surface area contributed by atoms with E-state index in [4.69, 9.17) is 4.74 Å². The van der Waals surface area contributed by atoms with E-state index in [1.807, 2.05) is 11.8 Å². The zero-order valence-corrected chi connectivity index (χ0v) is 16.2. The van der Waals surface area contributed by atoms with Gasteiger partial charge in [-0.05, 0) is 32.9 Å². The third-order valence-corrected chi connectivity index (χ3v) is 8.91. The van der Waals surface area contributed by atoms with Crippen LogP contribution >= 0.6 is 11.8 Å². The smallest absolute Gasteiger partial charge is 0.193 e. The van der Waals surface area contributed by atoms with E-state index in [0.717, 1.165) is 38.6 Å². The summed E-state index contributed by atoms with van der Waals surface area (Å²) in [5, 5.41) is 3.47. The van der Waals surface area contributed by atoms with Gasteiger partial charge in [-0.3, -0.25) is 4.99 Å². The fourth-order valence-corrected chi connectivity index (χ4v) is 5.25. The molecule has 23 heavy (non-hydrogen) atoms. The van der Waals surface area contributed by atoms with E-state index < -0.39 is 14.6 Å². The predicted molar refractivity (Wildman–Crippen MR) is 97.1 cm³/mol. The molecule has 0 aliphatic carbocycles. The fraction of sp³-hybridized carbons (Fsp3) is 0.933. The van der Waals surface area contributed by atoms with Gasteiger partial charge in [-0.2, -0.15) is 11.8 Å². The molecule has 0 unspecified atom stereocenters. The Morgan fingerprint density at radius 1 is 1.35 bits per heavy atom. The van der Waals surface area contributed by atoms with Crippen LogP contribution in [-0.2, 0) is 14.6 Å². The summed E-state index contributed by atoms with van der Waals surface area (Å²) in [5.41, 5.74) is 0. The Labute approximate surface area is 144 Å². The number of hydrogen-bond acceptors (Lipinski definition) is 5. The number of hydrogen-bond donors (Lipinski definition) is 1. The summed E-state index contributed by atoms with van der Waals surface area (Å²) in [6, 6.07) is 0. The van der Waals surface area contributed by atoms with Crippen molar-refractivity contribution in [1.82, 2.24) is 10.2 Å². The average Bonchev–Trinajstić information content (AvgIpc) is 2.52. The molecule has 0 bridgehead atoms. The standard InChI is InChI=1S/C15H29N3O3S2/c1-14(2)12-18(7-10-23(14,19)20)13(16-3)17-11-15(22-4)5-8-21-9-6-15/h5-12H2,1-4H3,(H,16,17). The van der Waals surface area contributed by atoms with Crippen molar-refractivity contribution in [2.75, 3.05) is 51.9 Å². The lowest BCUT2D eigenvalue weighted by Gasteiger charge is -2.41. The molecule has 134 valence electrons. The lowest BCUT2D eigenvalue weighted by molar-refractivity contribution is 0.0781. The van der Waals surface area contributed by atoms with Crippen LogP contribution in [0.15, 0.2) is 4.99 Å². The molecular formula is C15H29N3O3S2. The van der Waals surface area contributed by atoms with Crippen molar-refractivity contribution in [3.63, 3.8) is 0 Å². The van der Waals surface area contributed by atoms with E-state index in [1.54, 1.807) is 20.9 Å². The first kappa shape index (κ1) is 18.9. The van der Waals surface area contributed by atoms with Gasteiger partial charge in [0.25, 0.3) is 0 Å². The summed E-state index contributed by atoms with van der Waals surface area (Å²) in [5.74, 6) is 0.982. The van der Waals surface area contributed by atoms with Crippen molar-refractivity contribution in [2.45, 2.75) is 36.2 Å². The van der Waals surface area contributed by atoms with Gasteiger partial charge in [0, 0.05) is 44.6 Å². The van der Waals surface area contributed by atoms with Gasteiger partial charge in [-0.25, -0.2) is 8.42 Å². The zero-order valence-electron chi connectivity index (χ0n) is 14.6. The number of nitrogens with zero attached hydrogens (tertiary/aromatic N) is 2. The second-order valence-electron chi connectivity index (χ2n) is 6.90. The number of sulfone groups is 1. The van der Waals surface area contributed by atoms with Crippen LogP contribution < -0.4 is 5.32 Å². The number of ether oxygens (including phenoxy) is 1. The van der Waals surface area contributed by atoms with Gasteiger partial charge in [0.05, 0.1) is 10.5 Å². The molecule has 2 rings (SSSR count). The van der Waals surface area contributed by atoms with Crippen molar-refractivity contribution >= 4 is 27.6 Å². The molecule has 1 N–H and O–H groups in total. The molecular weight excluding hydrogens is 334 g/mol. The zero-order chi connectivity index (χ0) is 17.1. The highest BCUT2D eigenvalue weighted by Crippen LogP contribution is 2.33. The van der Waals surface area contributed by atoms with E-state index in [9.17, 15) is 8.42 Å². The Bertz CT molecular complexity index is 540. The van der Waals surface area contributed by atoms with Gasteiger partial charge in [0.15, 0.2) is 15.8 Å². The van der Waals surface area contributed by atoms with Crippen molar-refractivity contribution in [1.29, 1.82) is 0 Å². The number of aliphatic imine (C=N–C) groups is 1. The third-order valence-electron chi connectivity index (χ3n) is 4.96. The topological polar surface area (TPSA) is 71.0 Å². The molecule has 8 heteroatoms. The Morgan fingerprint density at radius 2 is 2.00 bits per heavy atom.